The predicted octanol–water partition coefficient (Wildman–Crippen LogP) is 1.76. The maximum Gasteiger partial charge on any atom is 0.269 e. The van der Waals surface area contributed by atoms with Gasteiger partial charge in [-0.25, -0.2) is 13.1 Å². The fraction of sp³-hybridized carbons (Fsp3) is 0.273. The number of non-ortho nitro benzene ring substituents is 1. The molecule has 0 aliphatic heterocycles. The van der Waals surface area contributed by atoms with Crippen LogP contribution in [0.1, 0.15) is 12.0 Å². The molecule has 0 saturated carbocycles. The maximum absolute atomic E-state index is 11.9. The van der Waals surface area contributed by atoms with Gasteiger partial charge >= 0.3 is 0 Å². The molecule has 1 rings (SSSR count). The summed E-state index contributed by atoms with van der Waals surface area (Å²) in [5.74, 6) is 0. The molecule has 6 nitrogen and oxygen atoms in total. The normalized spacial score (nSPS) is 11.2. The standard InChI is InChI=1S/C11H14N2O4S/c1-3-4-7-12-18(16,17)11-6-5-10(13(14)15)8-9(11)2/h3,5-6,8,12H,1,4,7H2,2H3. The third-order valence-electron chi connectivity index (χ3n) is 2.30. The minimum atomic E-state index is -3.63. The summed E-state index contributed by atoms with van der Waals surface area (Å²) in [6, 6.07) is 3.65. The summed E-state index contributed by atoms with van der Waals surface area (Å²) in [5, 5.41) is 10.6. The van der Waals surface area contributed by atoms with Gasteiger partial charge in [0.25, 0.3) is 5.69 Å². The van der Waals surface area contributed by atoms with Crippen LogP contribution in [0.5, 0.6) is 0 Å². The number of rotatable bonds is 6. The van der Waals surface area contributed by atoms with E-state index in [-0.39, 0.29) is 17.1 Å². The number of aryl methyl sites for hydroxylation is 1. The summed E-state index contributed by atoms with van der Waals surface area (Å²) < 4.78 is 26.2. The molecule has 0 fully saturated rings. The average Bonchev–Trinajstić information content (AvgIpc) is 2.28. The molecule has 0 aliphatic carbocycles. The van der Waals surface area contributed by atoms with Crippen LogP contribution in [0, 0.1) is 17.0 Å². The van der Waals surface area contributed by atoms with E-state index in [1.54, 1.807) is 6.08 Å². The Balaban J connectivity index is 3.02. The van der Waals surface area contributed by atoms with E-state index >= 15 is 0 Å². The first-order valence-corrected chi connectivity index (χ1v) is 6.72. The molecule has 0 atom stereocenters. The van der Waals surface area contributed by atoms with Gasteiger partial charge in [0.15, 0.2) is 0 Å². The first kappa shape index (κ1) is 14.3. The van der Waals surface area contributed by atoms with Crippen molar-refractivity contribution in [1.82, 2.24) is 4.72 Å². The van der Waals surface area contributed by atoms with Crippen LogP contribution in [0.4, 0.5) is 5.69 Å². The van der Waals surface area contributed by atoms with E-state index in [0.717, 1.165) is 0 Å². The Hall–Kier alpha value is -1.73. The van der Waals surface area contributed by atoms with Gasteiger partial charge in [-0.15, -0.1) is 6.58 Å². The summed E-state index contributed by atoms with van der Waals surface area (Å²) in [5.41, 5.74) is 0.216. The zero-order valence-electron chi connectivity index (χ0n) is 9.92. The number of sulfonamides is 1. The van der Waals surface area contributed by atoms with E-state index < -0.39 is 14.9 Å². The number of hydrogen-bond donors (Lipinski definition) is 1. The Morgan fingerprint density at radius 2 is 2.17 bits per heavy atom. The average molecular weight is 270 g/mol. The van der Waals surface area contributed by atoms with Gasteiger partial charge in [0.2, 0.25) is 10.0 Å². The minimum Gasteiger partial charge on any atom is -0.258 e. The molecule has 0 aromatic heterocycles. The van der Waals surface area contributed by atoms with E-state index in [1.807, 2.05) is 0 Å². The van der Waals surface area contributed by atoms with Gasteiger partial charge < -0.3 is 0 Å². The van der Waals surface area contributed by atoms with Crippen LogP contribution in [0.25, 0.3) is 0 Å². The van der Waals surface area contributed by atoms with E-state index in [1.165, 1.54) is 25.1 Å². The topological polar surface area (TPSA) is 89.3 Å². The summed E-state index contributed by atoms with van der Waals surface area (Å²) in [4.78, 5) is 10.0. The Bertz CT molecular complexity index is 566. The van der Waals surface area contributed by atoms with Crippen LogP contribution in [0.3, 0.4) is 0 Å². The Kier molecular flexibility index (Phi) is 4.57. The second kappa shape index (κ2) is 5.74. The van der Waals surface area contributed by atoms with Gasteiger partial charge in [-0.1, -0.05) is 6.08 Å². The number of nitro groups is 1. The zero-order chi connectivity index (χ0) is 13.8. The number of benzene rings is 1. The highest BCUT2D eigenvalue weighted by molar-refractivity contribution is 7.89. The van der Waals surface area contributed by atoms with E-state index in [4.69, 9.17) is 0 Å². The van der Waals surface area contributed by atoms with E-state index in [2.05, 4.69) is 11.3 Å². The monoisotopic (exact) mass is 270 g/mol. The second-order valence-electron chi connectivity index (χ2n) is 3.68. The highest BCUT2D eigenvalue weighted by atomic mass is 32.2. The van der Waals surface area contributed by atoms with Crippen LogP contribution in [-0.2, 0) is 10.0 Å². The highest BCUT2D eigenvalue weighted by Gasteiger charge is 2.18. The molecule has 1 aromatic rings. The van der Waals surface area contributed by atoms with Crippen molar-refractivity contribution in [2.45, 2.75) is 18.2 Å². The minimum absolute atomic E-state index is 0.0529. The molecule has 0 aliphatic rings. The van der Waals surface area contributed by atoms with Crippen LogP contribution in [-0.4, -0.2) is 19.9 Å². The number of nitrogens with one attached hydrogen (secondary N) is 1. The van der Waals surface area contributed by atoms with Gasteiger partial charge in [-0.2, -0.15) is 0 Å². The number of nitro benzene ring substituents is 1. The number of hydrogen-bond acceptors (Lipinski definition) is 4. The number of nitrogens with zero attached hydrogens (tertiary/aromatic N) is 1. The highest BCUT2D eigenvalue weighted by Crippen LogP contribution is 2.20. The predicted molar refractivity (Wildman–Crippen MR) is 67.8 cm³/mol. The molecule has 1 N–H and O–H groups in total. The molecule has 0 amide bonds. The quantitative estimate of drug-likeness (QED) is 0.369. The molecule has 0 unspecified atom stereocenters. The lowest BCUT2D eigenvalue weighted by Gasteiger charge is -2.08. The molecule has 98 valence electrons. The van der Waals surface area contributed by atoms with E-state index in [0.29, 0.717) is 12.0 Å². The zero-order valence-corrected chi connectivity index (χ0v) is 10.7. The Morgan fingerprint density at radius 1 is 1.50 bits per heavy atom. The van der Waals surface area contributed by atoms with Crippen molar-refractivity contribution in [2.24, 2.45) is 0 Å². The fourth-order valence-electron chi connectivity index (χ4n) is 1.42. The van der Waals surface area contributed by atoms with Crippen molar-refractivity contribution in [2.75, 3.05) is 6.54 Å². The molecule has 18 heavy (non-hydrogen) atoms. The van der Waals surface area contributed by atoms with Crippen molar-refractivity contribution in [3.8, 4) is 0 Å². The molecule has 1 aromatic carbocycles. The van der Waals surface area contributed by atoms with Crippen LogP contribution < -0.4 is 4.72 Å². The van der Waals surface area contributed by atoms with Crippen LogP contribution in [0.2, 0.25) is 0 Å². The molecule has 0 spiro atoms. The molecule has 0 bridgehead atoms. The third-order valence-corrected chi connectivity index (χ3v) is 3.92. The molecule has 0 radical (unpaired) electrons. The second-order valence-corrected chi connectivity index (χ2v) is 5.42. The van der Waals surface area contributed by atoms with Crippen LogP contribution >= 0.6 is 0 Å². The van der Waals surface area contributed by atoms with Crippen molar-refractivity contribution < 1.29 is 13.3 Å². The van der Waals surface area contributed by atoms with Crippen molar-refractivity contribution in [3.63, 3.8) is 0 Å². The first-order chi connectivity index (χ1) is 8.38. The van der Waals surface area contributed by atoms with Gasteiger partial charge in [-0.05, 0) is 25.0 Å². The van der Waals surface area contributed by atoms with E-state index in [9.17, 15) is 18.5 Å². The van der Waals surface area contributed by atoms with Crippen molar-refractivity contribution in [3.05, 3.63) is 46.5 Å². The largest absolute Gasteiger partial charge is 0.269 e. The van der Waals surface area contributed by atoms with Gasteiger partial charge in [-0.3, -0.25) is 10.1 Å². The molecular weight excluding hydrogens is 256 g/mol. The smallest absolute Gasteiger partial charge is 0.258 e. The molecular formula is C11H14N2O4S. The van der Waals surface area contributed by atoms with Gasteiger partial charge in [0.05, 0.1) is 9.82 Å². The van der Waals surface area contributed by atoms with Crippen molar-refractivity contribution in [1.29, 1.82) is 0 Å². The maximum atomic E-state index is 11.9. The first-order valence-electron chi connectivity index (χ1n) is 5.24. The summed E-state index contributed by atoms with van der Waals surface area (Å²) in [6.07, 6.45) is 2.12. The van der Waals surface area contributed by atoms with Crippen LogP contribution in [0.15, 0.2) is 35.7 Å². The lowest BCUT2D eigenvalue weighted by Crippen LogP contribution is -2.25. The van der Waals surface area contributed by atoms with Gasteiger partial charge in [0, 0.05) is 18.7 Å². The lowest BCUT2D eigenvalue weighted by molar-refractivity contribution is -0.385. The van der Waals surface area contributed by atoms with Gasteiger partial charge in [0.1, 0.15) is 0 Å². The third kappa shape index (κ3) is 3.38. The summed E-state index contributed by atoms with van der Waals surface area (Å²) in [7, 11) is -3.63. The Morgan fingerprint density at radius 3 is 2.67 bits per heavy atom. The molecule has 7 heteroatoms. The summed E-state index contributed by atoms with van der Waals surface area (Å²) in [6.45, 7) is 5.27. The molecule has 0 heterocycles. The fourth-order valence-corrected chi connectivity index (χ4v) is 2.69. The van der Waals surface area contributed by atoms with Crippen molar-refractivity contribution >= 4 is 15.7 Å². The Labute approximate surface area is 106 Å². The lowest BCUT2D eigenvalue weighted by atomic mass is 10.2. The SMILES string of the molecule is C=CCCNS(=O)(=O)c1ccc([N+](=O)[O-])cc1C. The molecule has 0 saturated heterocycles. The summed E-state index contributed by atoms with van der Waals surface area (Å²) >= 11 is 0.